The van der Waals surface area contributed by atoms with Crippen LogP contribution in [0.15, 0.2) is 29.2 Å². The maximum atomic E-state index is 11.9. The Morgan fingerprint density at radius 1 is 1.39 bits per heavy atom. The smallest absolute Gasteiger partial charge is 0.303 e. The summed E-state index contributed by atoms with van der Waals surface area (Å²) in [4.78, 5) is 25.6. The van der Waals surface area contributed by atoms with E-state index in [0.29, 0.717) is 13.1 Å². The molecule has 18 heavy (non-hydrogen) atoms. The number of esters is 1. The van der Waals surface area contributed by atoms with Crippen LogP contribution in [0.4, 0.5) is 0 Å². The molecule has 0 N–H and O–H groups in total. The molecule has 0 saturated heterocycles. The van der Waals surface area contributed by atoms with Crippen LogP contribution in [-0.4, -0.2) is 35.7 Å². The van der Waals surface area contributed by atoms with Crippen molar-refractivity contribution in [2.75, 3.05) is 18.9 Å². The molecule has 1 amide bonds. The highest BCUT2D eigenvalue weighted by Gasteiger charge is 2.19. The Morgan fingerprint density at radius 2 is 2.17 bits per heavy atom. The lowest BCUT2D eigenvalue weighted by Crippen LogP contribution is -2.35. The van der Waals surface area contributed by atoms with Crippen molar-refractivity contribution in [2.45, 2.75) is 18.4 Å². The van der Waals surface area contributed by atoms with Gasteiger partial charge in [0.05, 0.1) is 0 Å². The molecule has 4 nitrogen and oxygen atoms in total. The van der Waals surface area contributed by atoms with E-state index in [-0.39, 0.29) is 12.5 Å². The van der Waals surface area contributed by atoms with E-state index in [1.54, 1.807) is 16.7 Å². The number of carbonyl (C=O) groups excluding carboxylic acids is 2. The summed E-state index contributed by atoms with van der Waals surface area (Å²) in [6.07, 6.45) is 0. The Hall–Kier alpha value is -1.49. The van der Waals surface area contributed by atoms with Crippen molar-refractivity contribution in [2.24, 2.45) is 0 Å². The molecule has 2 rings (SSSR count). The Bertz CT molecular complexity index is 461. The van der Waals surface area contributed by atoms with Crippen LogP contribution in [0, 0.1) is 0 Å². The monoisotopic (exact) mass is 265 g/mol. The molecule has 5 heteroatoms. The average molecular weight is 265 g/mol. The molecule has 1 aromatic rings. The molecule has 0 fully saturated rings. The van der Waals surface area contributed by atoms with E-state index in [1.165, 1.54) is 11.8 Å². The van der Waals surface area contributed by atoms with Gasteiger partial charge in [0.1, 0.15) is 0 Å². The van der Waals surface area contributed by atoms with Gasteiger partial charge in [0.2, 0.25) is 0 Å². The van der Waals surface area contributed by atoms with E-state index >= 15 is 0 Å². The zero-order valence-electron chi connectivity index (χ0n) is 10.2. The van der Waals surface area contributed by atoms with Gasteiger partial charge in [-0.3, -0.25) is 9.59 Å². The first-order valence-corrected chi connectivity index (χ1v) is 6.77. The predicted octanol–water partition coefficient (Wildman–Crippen LogP) is 1.68. The molecule has 0 atom stereocenters. The van der Waals surface area contributed by atoms with Gasteiger partial charge in [-0.05, 0) is 11.6 Å². The first kappa shape index (κ1) is 13.0. The minimum Gasteiger partial charge on any atom is -0.456 e. The molecule has 1 aliphatic rings. The molecule has 0 spiro atoms. The first-order chi connectivity index (χ1) is 8.66. The number of hydrogen-bond acceptors (Lipinski definition) is 4. The Morgan fingerprint density at radius 3 is 2.94 bits per heavy atom. The number of benzene rings is 1. The largest absolute Gasteiger partial charge is 0.456 e. The van der Waals surface area contributed by atoms with Crippen LogP contribution in [0.1, 0.15) is 12.5 Å². The molecule has 0 unspecified atom stereocenters. The predicted molar refractivity (Wildman–Crippen MR) is 69.2 cm³/mol. The molecule has 96 valence electrons. The SMILES string of the molecule is CC(=O)OCC(=O)N1CCSc2ccccc2C1. The van der Waals surface area contributed by atoms with E-state index in [4.69, 9.17) is 4.74 Å². The fraction of sp³-hybridized carbons (Fsp3) is 0.385. The summed E-state index contributed by atoms with van der Waals surface area (Å²) in [5, 5.41) is 0. The quantitative estimate of drug-likeness (QED) is 0.763. The maximum absolute atomic E-state index is 11.9. The van der Waals surface area contributed by atoms with Gasteiger partial charge in [-0.1, -0.05) is 18.2 Å². The second-order valence-electron chi connectivity index (χ2n) is 4.05. The van der Waals surface area contributed by atoms with Crippen molar-refractivity contribution in [3.05, 3.63) is 29.8 Å². The van der Waals surface area contributed by atoms with Gasteiger partial charge in [0.15, 0.2) is 6.61 Å². The van der Waals surface area contributed by atoms with Crippen molar-refractivity contribution < 1.29 is 14.3 Å². The lowest BCUT2D eigenvalue weighted by molar-refractivity contribution is -0.150. The van der Waals surface area contributed by atoms with Gasteiger partial charge in [0.25, 0.3) is 5.91 Å². The maximum Gasteiger partial charge on any atom is 0.303 e. The highest BCUT2D eigenvalue weighted by molar-refractivity contribution is 7.99. The minimum absolute atomic E-state index is 0.137. The fourth-order valence-electron chi connectivity index (χ4n) is 1.79. The Kier molecular flexibility index (Phi) is 4.25. The third kappa shape index (κ3) is 3.26. The normalized spacial score (nSPS) is 14.6. The molecule has 1 aliphatic heterocycles. The summed E-state index contributed by atoms with van der Waals surface area (Å²) in [7, 11) is 0. The van der Waals surface area contributed by atoms with Crippen LogP contribution < -0.4 is 0 Å². The summed E-state index contributed by atoms with van der Waals surface area (Å²) in [5.41, 5.74) is 1.15. The van der Waals surface area contributed by atoms with Gasteiger partial charge < -0.3 is 9.64 Å². The second kappa shape index (κ2) is 5.91. The zero-order chi connectivity index (χ0) is 13.0. The number of carbonyl (C=O) groups is 2. The van der Waals surface area contributed by atoms with E-state index in [1.807, 2.05) is 18.2 Å². The summed E-state index contributed by atoms with van der Waals surface area (Å²) in [6.45, 7) is 2.41. The zero-order valence-corrected chi connectivity index (χ0v) is 11.0. The van der Waals surface area contributed by atoms with Crippen molar-refractivity contribution in [1.29, 1.82) is 0 Å². The lowest BCUT2D eigenvalue weighted by Gasteiger charge is -2.20. The van der Waals surface area contributed by atoms with Crippen molar-refractivity contribution in [3.63, 3.8) is 0 Å². The van der Waals surface area contributed by atoms with Crippen molar-refractivity contribution in [1.82, 2.24) is 4.90 Å². The molecular weight excluding hydrogens is 250 g/mol. The molecule has 0 saturated carbocycles. The highest BCUT2D eigenvalue weighted by atomic mass is 32.2. The number of ether oxygens (including phenoxy) is 1. The van der Waals surface area contributed by atoms with Crippen LogP contribution in [-0.2, 0) is 20.9 Å². The number of nitrogens with zero attached hydrogens (tertiary/aromatic N) is 1. The first-order valence-electron chi connectivity index (χ1n) is 5.78. The van der Waals surface area contributed by atoms with Crippen molar-refractivity contribution in [3.8, 4) is 0 Å². The van der Waals surface area contributed by atoms with E-state index in [0.717, 1.165) is 11.3 Å². The summed E-state index contributed by atoms with van der Waals surface area (Å²) >= 11 is 1.75. The van der Waals surface area contributed by atoms with Gasteiger partial charge in [-0.25, -0.2) is 0 Å². The summed E-state index contributed by atoms with van der Waals surface area (Å²) in [6, 6.07) is 8.07. The van der Waals surface area contributed by atoms with Crippen LogP contribution in [0.25, 0.3) is 0 Å². The van der Waals surface area contributed by atoms with Crippen molar-refractivity contribution >= 4 is 23.6 Å². The average Bonchev–Trinajstić information content (AvgIpc) is 2.57. The number of fused-ring (bicyclic) bond motifs is 1. The number of rotatable bonds is 2. The standard InChI is InChI=1S/C13H15NO3S/c1-10(15)17-9-13(16)14-6-7-18-12-5-3-2-4-11(12)8-14/h2-5H,6-9H2,1H3. The fourth-order valence-corrected chi connectivity index (χ4v) is 2.82. The summed E-state index contributed by atoms with van der Waals surface area (Å²) in [5.74, 6) is 0.304. The lowest BCUT2D eigenvalue weighted by atomic mass is 10.2. The van der Waals surface area contributed by atoms with Crippen LogP contribution in [0.5, 0.6) is 0 Å². The molecule has 1 heterocycles. The molecular formula is C13H15NO3S. The topological polar surface area (TPSA) is 46.6 Å². The molecule has 0 aromatic heterocycles. The third-order valence-electron chi connectivity index (χ3n) is 2.70. The van der Waals surface area contributed by atoms with Gasteiger partial charge in [0, 0.05) is 30.7 Å². The van der Waals surface area contributed by atoms with Crippen LogP contribution >= 0.6 is 11.8 Å². The Balaban J connectivity index is 2.03. The van der Waals surface area contributed by atoms with Gasteiger partial charge in [-0.15, -0.1) is 11.8 Å². The summed E-state index contributed by atoms with van der Waals surface area (Å²) < 4.78 is 4.75. The highest BCUT2D eigenvalue weighted by Crippen LogP contribution is 2.26. The minimum atomic E-state index is -0.423. The second-order valence-corrected chi connectivity index (χ2v) is 5.19. The van der Waals surface area contributed by atoms with E-state index in [2.05, 4.69) is 6.07 Å². The van der Waals surface area contributed by atoms with Crippen LogP contribution in [0.2, 0.25) is 0 Å². The molecule has 0 bridgehead atoms. The molecule has 1 aromatic carbocycles. The van der Waals surface area contributed by atoms with E-state index in [9.17, 15) is 9.59 Å². The number of thioether (sulfide) groups is 1. The molecule has 0 radical (unpaired) electrons. The molecule has 0 aliphatic carbocycles. The number of amides is 1. The van der Waals surface area contributed by atoms with Crippen LogP contribution in [0.3, 0.4) is 0 Å². The van der Waals surface area contributed by atoms with E-state index < -0.39 is 5.97 Å². The Labute approximate surface area is 110 Å². The van der Waals surface area contributed by atoms with Gasteiger partial charge >= 0.3 is 5.97 Å². The number of hydrogen-bond donors (Lipinski definition) is 0. The van der Waals surface area contributed by atoms with Gasteiger partial charge in [-0.2, -0.15) is 0 Å². The third-order valence-corrected chi connectivity index (χ3v) is 3.80.